The molecule has 0 spiro atoms. The van der Waals surface area contributed by atoms with Crippen LogP contribution in [0, 0.1) is 5.92 Å². The topological polar surface area (TPSA) is 48.3 Å². The number of hydrogen-bond acceptors (Lipinski definition) is 5. The first kappa shape index (κ1) is 12.6. The number of aldehydes is 1. The highest BCUT2D eigenvalue weighted by Crippen LogP contribution is 2.48. The standard InChI is InChI=1S/C13H15BrN4O/c1-17-13(8-19)18(16-15-17)11-4-2-3-9(5-11)12-6-10(12)7-14/h2-5,8,10,12-13H,6-7H2,1H3. The fourth-order valence-electron chi connectivity index (χ4n) is 2.44. The van der Waals surface area contributed by atoms with Crippen LogP contribution in [0.25, 0.3) is 0 Å². The van der Waals surface area contributed by atoms with E-state index in [0.717, 1.165) is 23.2 Å². The molecule has 0 N–H and O–H groups in total. The molecule has 0 amide bonds. The van der Waals surface area contributed by atoms with E-state index >= 15 is 0 Å². The number of alkyl halides is 1. The second-order valence-electron chi connectivity index (χ2n) is 5.00. The number of anilines is 1. The minimum absolute atomic E-state index is 0.443. The number of likely N-dealkylation sites (N-methyl/N-ethyl adjacent to an activating group) is 1. The Labute approximate surface area is 120 Å². The third-order valence-electron chi connectivity index (χ3n) is 3.72. The summed E-state index contributed by atoms with van der Waals surface area (Å²) in [5.74, 6) is 1.37. The van der Waals surface area contributed by atoms with Crippen molar-refractivity contribution in [3.8, 4) is 0 Å². The molecule has 0 saturated heterocycles. The van der Waals surface area contributed by atoms with Gasteiger partial charge >= 0.3 is 0 Å². The van der Waals surface area contributed by atoms with Crippen molar-refractivity contribution in [2.75, 3.05) is 17.4 Å². The van der Waals surface area contributed by atoms with Crippen LogP contribution in [0.1, 0.15) is 17.9 Å². The van der Waals surface area contributed by atoms with Gasteiger partial charge in [0.05, 0.1) is 5.69 Å². The van der Waals surface area contributed by atoms with Gasteiger partial charge in [-0.3, -0.25) is 4.79 Å². The highest BCUT2D eigenvalue weighted by atomic mass is 79.9. The molecule has 1 aliphatic carbocycles. The number of carbonyl (C=O) groups excluding carboxylic acids is 1. The fraction of sp³-hybridized carbons (Fsp3) is 0.462. The molecule has 0 bridgehead atoms. The first-order chi connectivity index (χ1) is 9.24. The quantitative estimate of drug-likeness (QED) is 0.632. The van der Waals surface area contributed by atoms with Gasteiger partial charge in [-0.1, -0.05) is 33.3 Å². The van der Waals surface area contributed by atoms with Crippen LogP contribution in [0.3, 0.4) is 0 Å². The lowest BCUT2D eigenvalue weighted by Crippen LogP contribution is -2.37. The molecule has 2 aliphatic rings. The van der Waals surface area contributed by atoms with Gasteiger partial charge in [-0.25, -0.2) is 10.0 Å². The first-order valence-corrected chi connectivity index (χ1v) is 7.41. The lowest BCUT2D eigenvalue weighted by Gasteiger charge is -2.21. The summed E-state index contributed by atoms with van der Waals surface area (Å²) in [4.78, 5) is 11.1. The Hall–Kier alpha value is -1.43. The van der Waals surface area contributed by atoms with E-state index in [-0.39, 0.29) is 0 Å². The molecular formula is C13H15BrN4O. The van der Waals surface area contributed by atoms with Gasteiger partial charge in [-0.15, -0.1) is 0 Å². The third kappa shape index (κ3) is 2.25. The van der Waals surface area contributed by atoms with E-state index in [1.807, 2.05) is 12.1 Å². The van der Waals surface area contributed by atoms with Gasteiger partial charge in [0.2, 0.25) is 0 Å². The van der Waals surface area contributed by atoms with Gasteiger partial charge in [-0.05, 0) is 41.2 Å². The highest BCUT2D eigenvalue weighted by molar-refractivity contribution is 9.09. The van der Waals surface area contributed by atoms with E-state index < -0.39 is 6.17 Å². The molecule has 3 atom stereocenters. The van der Waals surface area contributed by atoms with Crippen LogP contribution < -0.4 is 5.01 Å². The molecule has 6 heteroatoms. The molecule has 1 heterocycles. The number of nitrogens with zero attached hydrogens (tertiary/aromatic N) is 4. The molecule has 0 aromatic heterocycles. The van der Waals surface area contributed by atoms with Crippen molar-refractivity contribution in [3.05, 3.63) is 29.8 Å². The van der Waals surface area contributed by atoms with Crippen molar-refractivity contribution in [1.29, 1.82) is 0 Å². The zero-order valence-corrected chi connectivity index (χ0v) is 12.2. The van der Waals surface area contributed by atoms with Crippen molar-refractivity contribution < 1.29 is 4.79 Å². The van der Waals surface area contributed by atoms with E-state index in [0.29, 0.717) is 5.92 Å². The number of rotatable bonds is 4. The number of benzene rings is 1. The molecule has 1 saturated carbocycles. The zero-order chi connectivity index (χ0) is 13.4. The predicted octanol–water partition coefficient (Wildman–Crippen LogP) is 2.74. The summed E-state index contributed by atoms with van der Waals surface area (Å²) in [6, 6.07) is 8.24. The highest BCUT2D eigenvalue weighted by Gasteiger charge is 2.37. The fourth-order valence-corrected chi connectivity index (χ4v) is 3.16. The average molecular weight is 323 g/mol. The normalized spacial score (nSPS) is 28.8. The molecule has 3 unspecified atom stereocenters. The van der Waals surface area contributed by atoms with Gasteiger partial charge in [0.15, 0.2) is 12.5 Å². The number of carbonyl (C=O) groups is 1. The smallest absolute Gasteiger partial charge is 0.197 e. The maximum Gasteiger partial charge on any atom is 0.197 e. The van der Waals surface area contributed by atoms with Crippen molar-refractivity contribution in [2.45, 2.75) is 18.5 Å². The molecule has 5 nitrogen and oxygen atoms in total. The summed E-state index contributed by atoms with van der Waals surface area (Å²) >= 11 is 3.53. The minimum atomic E-state index is -0.443. The van der Waals surface area contributed by atoms with Crippen molar-refractivity contribution in [1.82, 2.24) is 5.01 Å². The van der Waals surface area contributed by atoms with Gasteiger partial charge in [-0.2, -0.15) is 0 Å². The summed E-state index contributed by atoms with van der Waals surface area (Å²) in [5, 5.41) is 12.2. The molecular weight excluding hydrogens is 308 g/mol. The minimum Gasteiger partial charge on any atom is -0.299 e. The molecule has 100 valence electrons. The molecule has 1 aromatic carbocycles. The SMILES string of the molecule is CN1N=NN(c2cccc(C3CC3CBr)c2)C1C=O. The Morgan fingerprint density at radius 2 is 2.32 bits per heavy atom. The number of halogens is 1. The zero-order valence-electron chi connectivity index (χ0n) is 10.6. The Morgan fingerprint density at radius 3 is 3.00 bits per heavy atom. The molecule has 3 rings (SSSR count). The Bertz CT molecular complexity index is 521. The second kappa shape index (κ2) is 4.92. The maximum atomic E-state index is 11.1. The van der Waals surface area contributed by atoms with Crippen molar-refractivity contribution >= 4 is 27.9 Å². The van der Waals surface area contributed by atoms with Gasteiger partial charge in [0.1, 0.15) is 0 Å². The van der Waals surface area contributed by atoms with Crippen LogP contribution in [0.5, 0.6) is 0 Å². The summed E-state index contributed by atoms with van der Waals surface area (Å²) in [5.41, 5.74) is 2.24. The largest absolute Gasteiger partial charge is 0.299 e. The lowest BCUT2D eigenvalue weighted by atomic mass is 10.1. The molecule has 1 aromatic rings. The Balaban J connectivity index is 1.84. The van der Waals surface area contributed by atoms with E-state index in [1.165, 1.54) is 12.0 Å². The van der Waals surface area contributed by atoms with E-state index in [2.05, 4.69) is 38.5 Å². The van der Waals surface area contributed by atoms with Gasteiger partial charge in [0, 0.05) is 12.4 Å². The maximum absolute atomic E-state index is 11.1. The second-order valence-corrected chi connectivity index (χ2v) is 5.65. The van der Waals surface area contributed by atoms with Crippen molar-refractivity contribution in [3.63, 3.8) is 0 Å². The predicted molar refractivity (Wildman–Crippen MR) is 76.0 cm³/mol. The van der Waals surface area contributed by atoms with Crippen LogP contribution >= 0.6 is 15.9 Å². The first-order valence-electron chi connectivity index (χ1n) is 6.29. The summed E-state index contributed by atoms with van der Waals surface area (Å²) in [7, 11) is 1.74. The van der Waals surface area contributed by atoms with Crippen LogP contribution in [0.15, 0.2) is 34.7 Å². The summed E-state index contributed by atoms with van der Waals surface area (Å²) in [6.45, 7) is 0. The van der Waals surface area contributed by atoms with Crippen LogP contribution in [-0.4, -0.2) is 29.8 Å². The summed E-state index contributed by atoms with van der Waals surface area (Å²) in [6.07, 6.45) is 1.64. The van der Waals surface area contributed by atoms with Crippen LogP contribution in [-0.2, 0) is 4.79 Å². The third-order valence-corrected chi connectivity index (χ3v) is 4.55. The lowest BCUT2D eigenvalue weighted by molar-refractivity contribution is -0.111. The van der Waals surface area contributed by atoms with Gasteiger partial charge < -0.3 is 0 Å². The Morgan fingerprint density at radius 1 is 1.47 bits per heavy atom. The molecule has 19 heavy (non-hydrogen) atoms. The van der Waals surface area contributed by atoms with Crippen LogP contribution in [0.4, 0.5) is 5.69 Å². The average Bonchev–Trinajstić information content (AvgIpc) is 3.14. The molecule has 1 aliphatic heterocycles. The van der Waals surface area contributed by atoms with Gasteiger partial charge in [0.25, 0.3) is 0 Å². The van der Waals surface area contributed by atoms with Crippen LogP contribution in [0.2, 0.25) is 0 Å². The monoisotopic (exact) mass is 322 g/mol. The molecule has 1 fully saturated rings. The Kier molecular flexibility index (Phi) is 3.26. The van der Waals surface area contributed by atoms with E-state index in [9.17, 15) is 4.79 Å². The van der Waals surface area contributed by atoms with E-state index in [4.69, 9.17) is 0 Å². The molecule has 0 radical (unpaired) electrons. The summed E-state index contributed by atoms with van der Waals surface area (Å²) < 4.78 is 0. The van der Waals surface area contributed by atoms with E-state index in [1.54, 1.807) is 17.1 Å². The van der Waals surface area contributed by atoms with Crippen molar-refractivity contribution in [2.24, 2.45) is 16.4 Å². The number of hydrogen-bond donors (Lipinski definition) is 0.